The van der Waals surface area contributed by atoms with Crippen LogP contribution in [0.3, 0.4) is 0 Å². The molecule has 19 heavy (non-hydrogen) atoms. The Balaban J connectivity index is 2.87. The van der Waals surface area contributed by atoms with Crippen LogP contribution in [0, 0.1) is 0 Å². The predicted octanol–water partition coefficient (Wildman–Crippen LogP) is 2.05. The van der Waals surface area contributed by atoms with Crippen molar-refractivity contribution in [2.24, 2.45) is 5.73 Å². The Morgan fingerprint density at radius 2 is 2.05 bits per heavy atom. The molecule has 1 aromatic carbocycles. The molecule has 0 unspecified atom stereocenters. The molecule has 1 atom stereocenters. The number of ether oxygens (including phenoxy) is 3. The lowest BCUT2D eigenvalue weighted by molar-refractivity contribution is -0.141. The highest BCUT2D eigenvalue weighted by Gasteiger charge is 2.14. The van der Waals surface area contributed by atoms with Gasteiger partial charge in [-0.1, -0.05) is 13.0 Å². The summed E-state index contributed by atoms with van der Waals surface area (Å²) in [5, 5.41) is 0. The van der Waals surface area contributed by atoms with E-state index in [1.54, 1.807) is 13.2 Å². The van der Waals surface area contributed by atoms with E-state index in [2.05, 4.69) is 4.74 Å². The molecule has 1 aromatic rings. The maximum atomic E-state index is 11.2. The number of hydrogen-bond donors (Lipinski definition) is 1. The third-order valence-corrected chi connectivity index (χ3v) is 2.69. The highest BCUT2D eigenvalue weighted by atomic mass is 16.5. The van der Waals surface area contributed by atoms with E-state index in [-0.39, 0.29) is 12.4 Å². The summed E-state index contributed by atoms with van der Waals surface area (Å²) in [5.41, 5.74) is 6.78. The number of esters is 1. The number of methoxy groups -OCH3 is 2. The van der Waals surface area contributed by atoms with Crippen LogP contribution in [0.5, 0.6) is 11.5 Å². The Bertz CT molecular complexity index is 420. The van der Waals surface area contributed by atoms with Gasteiger partial charge >= 0.3 is 5.97 Å². The van der Waals surface area contributed by atoms with Crippen molar-refractivity contribution in [3.63, 3.8) is 0 Å². The molecule has 0 spiro atoms. The van der Waals surface area contributed by atoms with Crippen molar-refractivity contribution in [2.45, 2.75) is 25.8 Å². The first kappa shape index (κ1) is 15.3. The van der Waals surface area contributed by atoms with E-state index in [4.69, 9.17) is 15.2 Å². The topological polar surface area (TPSA) is 70.8 Å². The minimum absolute atomic E-state index is 0.135. The van der Waals surface area contributed by atoms with Crippen molar-refractivity contribution >= 4 is 5.97 Å². The summed E-state index contributed by atoms with van der Waals surface area (Å²) in [6.07, 6.45) is 1.04. The van der Waals surface area contributed by atoms with Crippen LogP contribution in [-0.2, 0) is 9.53 Å². The Hall–Kier alpha value is -1.75. The first-order valence-corrected chi connectivity index (χ1v) is 6.25. The fraction of sp³-hybridized carbons (Fsp3) is 0.500. The van der Waals surface area contributed by atoms with Gasteiger partial charge < -0.3 is 19.9 Å². The molecule has 0 aliphatic rings. The van der Waals surface area contributed by atoms with E-state index >= 15 is 0 Å². The van der Waals surface area contributed by atoms with Gasteiger partial charge in [0.05, 0.1) is 27.2 Å². The molecule has 5 nitrogen and oxygen atoms in total. The van der Waals surface area contributed by atoms with Crippen LogP contribution >= 0.6 is 0 Å². The van der Waals surface area contributed by atoms with Crippen molar-refractivity contribution in [3.05, 3.63) is 23.8 Å². The molecule has 0 aliphatic carbocycles. The number of benzene rings is 1. The number of carbonyl (C=O) groups excluding carboxylic acids is 1. The normalized spacial score (nSPS) is 11.8. The van der Waals surface area contributed by atoms with Crippen molar-refractivity contribution < 1.29 is 19.0 Å². The van der Waals surface area contributed by atoms with Gasteiger partial charge in [0.2, 0.25) is 0 Å². The zero-order valence-electron chi connectivity index (χ0n) is 11.6. The highest BCUT2D eigenvalue weighted by molar-refractivity contribution is 5.70. The van der Waals surface area contributed by atoms with Crippen molar-refractivity contribution in [1.82, 2.24) is 0 Å². The Morgan fingerprint density at radius 1 is 1.32 bits per heavy atom. The summed E-state index contributed by atoms with van der Waals surface area (Å²) in [4.78, 5) is 11.2. The standard InChI is InChI=1S/C14H21NO4/c1-4-7-19-13-8-10(5-6-12(13)17-2)11(15)9-14(16)18-3/h5-6,8,11H,4,7,9,15H2,1-3H3/t11-/m0/s1. The largest absolute Gasteiger partial charge is 0.493 e. The van der Waals surface area contributed by atoms with Crippen molar-refractivity contribution in [2.75, 3.05) is 20.8 Å². The molecule has 2 N–H and O–H groups in total. The summed E-state index contributed by atoms with van der Waals surface area (Å²) in [5.74, 6) is 0.962. The van der Waals surface area contributed by atoms with Gasteiger partial charge in [-0.3, -0.25) is 4.79 Å². The summed E-state index contributed by atoms with van der Waals surface area (Å²) < 4.78 is 15.4. The lowest BCUT2D eigenvalue weighted by Crippen LogP contribution is -2.16. The molecule has 0 bridgehead atoms. The SMILES string of the molecule is CCCOc1cc([C@@H](N)CC(=O)OC)ccc1OC. The maximum absolute atomic E-state index is 11.2. The van der Waals surface area contributed by atoms with E-state index in [9.17, 15) is 4.79 Å². The molecule has 0 fully saturated rings. The van der Waals surface area contributed by atoms with Crippen LogP contribution in [0.4, 0.5) is 0 Å². The van der Waals surface area contributed by atoms with Crippen LogP contribution in [0.2, 0.25) is 0 Å². The predicted molar refractivity (Wildman–Crippen MR) is 72.3 cm³/mol. The van der Waals surface area contributed by atoms with Gasteiger partial charge in [0.1, 0.15) is 0 Å². The fourth-order valence-corrected chi connectivity index (χ4v) is 1.63. The molecule has 0 saturated heterocycles. The molecule has 106 valence electrons. The monoisotopic (exact) mass is 267 g/mol. The Morgan fingerprint density at radius 3 is 2.63 bits per heavy atom. The zero-order valence-corrected chi connectivity index (χ0v) is 11.6. The first-order chi connectivity index (χ1) is 9.12. The van der Waals surface area contributed by atoms with E-state index < -0.39 is 6.04 Å². The minimum Gasteiger partial charge on any atom is -0.493 e. The number of hydrogen-bond acceptors (Lipinski definition) is 5. The van der Waals surface area contributed by atoms with Crippen molar-refractivity contribution in [1.29, 1.82) is 0 Å². The average molecular weight is 267 g/mol. The van der Waals surface area contributed by atoms with Gasteiger partial charge in [-0.25, -0.2) is 0 Å². The van der Waals surface area contributed by atoms with Crippen LogP contribution in [0.25, 0.3) is 0 Å². The van der Waals surface area contributed by atoms with E-state index in [0.29, 0.717) is 18.1 Å². The molecule has 0 heterocycles. The van der Waals surface area contributed by atoms with Gasteiger partial charge in [-0.05, 0) is 24.1 Å². The Labute approximate surface area is 113 Å². The molecule has 0 aliphatic heterocycles. The summed E-state index contributed by atoms with van der Waals surface area (Å²) in [7, 11) is 2.93. The molecule has 0 aromatic heterocycles. The molecule has 0 saturated carbocycles. The molecule has 0 amide bonds. The Kier molecular flexibility index (Phi) is 6.15. The maximum Gasteiger partial charge on any atom is 0.307 e. The van der Waals surface area contributed by atoms with Gasteiger partial charge in [-0.2, -0.15) is 0 Å². The number of nitrogens with two attached hydrogens (primary N) is 1. The third-order valence-electron chi connectivity index (χ3n) is 2.69. The van der Waals surface area contributed by atoms with Gasteiger partial charge in [-0.15, -0.1) is 0 Å². The smallest absolute Gasteiger partial charge is 0.307 e. The van der Waals surface area contributed by atoms with Crippen LogP contribution in [0.15, 0.2) is 18.2 Å². The second-order valence-electron chi connectivity index (χ2n) is 4.15. The van der Waals surface area contributed by atoms with Gasteiger partial charge in [0.15, 0.2) is 11.5 Å². The van der Waals surface area contributed by atoms with E-state index in [1.807, 2.05) is 19.1 Å². The van der Waals surface area contributed by atoms with Crippen LogP contribution < -0.4 is 15.2 Å². The van der Waals surface area contributed by atoms with Crippen molar-refractivity contribution in [3.8, 4) is 11.5 Å². The highest BCUT2D eigenvalue weighted by Crippen LogP contribution is 2.30. The molecule has 1 rings (SSSR count). The minimum atomic E-state index is -0.415. The van der Waals surface area contributed by atoms with Crippen LogP contribution in [-0.4, -0.2) is 26.8 Å². The lowest BCUT2D eigenvalue weighted by Gasteiger charge is -2.15. The fourth-order valence-electron chi connectivity index (χ4n) is 1.63. The van der Waals surface area contributed by atoms with Crippen LogP contribution in [0.1, 0.15) is 31.4 Å². The summed E-state index contributed by atoms with van der Waals surface area (Å²) in [6.45, 7) is 2.63. The second-order valence-corrected chi connectivity index (χ2v) is 4.15. The second kappa shape index (κ2) is 7.63. The number of rotatable bonds is 7. The first-order valence-electron chi connectivity index (χ1n) is 6.25. The molecule has 0 radical (unpaired) electrons. The lowest BCUT2D eigenvalue weighted by atomic mass is 10.0. The summed E-state index contributed by atoms with van der Waals surface area (Å²) in [6, 6.07) is 5.01. The number of carbonyl (C=O) groups is 1. The van der Waals surface area contributed by atoms with E-state index in [1.165, 1.54) is 7.11 Å². The van der Waals surface area contributed by atoms with Gasteiger partial charge in [0.25, 0.3) is 0 Å². The summed E-state index contributed by atoms with van der Waals surface area (Å²) >= 11 is 0. The zero-order chi connectivity index (χ0) is 14.3. The molecular weight excluding hydrogens is 246 g/mol. The van der Waals surface area contributed by atoms with Gasteiger partial charge in [0, 0.05) is 6.04 Å². The molecular formula is C14H21NO4. The van der Waals surface area contributed by atoms with E-state index in [0.717, 1.165) is 12.0 Å². The third kappa shape index (κ3) is 4.44. The average Bonchev–Trinajstić information content (AvgIpc) is 2.44. The molecule has 5 heteroatoms. The quantitative estimate of drug-likeness (QED) is 0.765.